The number of nitrogens with one attached hydrogen (secondary N) is 1. The van der Waals surface area contributed by atoms with Gasteiger partial charge in [-0.2, -0.15) is 4.98 Å². The average Bonchev–Trinajstić information content (AvgIpc) is 3.22. The van der Waals surface area contributed by atoms with Crippen molar-refractivity contribution in [2.45, 2.75) is 6.42 Å². The van der Waals surface area contributed by atoms with Crippen molar-refractivity contribution in [2.24, 2.45) is 0 Å². The van der Waals surface area contributed by atoms with Gasteiger partial charge in [0.15, 0.2) is 5.58 Å². The SMILES string of the molecule is c1ccc(-c2nc(CCNc3nc4ccccc4o3)co2)cc1. The molecule has 0 atom stereocenters. The lowest BCUT2D eigenvalue weighted by atomic mass is 10.2. The van der Waals surface area contributed by atoms with E-state index >= 15 is 0 Å². The minimum atomic E-state index is 0.526. The Bertz CT molecular complexity index is 879. The second-order valence-electron chi connectivity index (χ2n) is 5.17. The van der Waals surface area contributed by atoms with Gasteiger partial charge in [0.1, 0.15) is 11.8 Å². The lowest BCUT2D eigenvalue weighted by molar-refractivity contribution is 0.572. The smallest absolute Gasteiger partial charge is 0.295 e. The standard InChI is InChI=1S/C18H15N3O2/c1-2-6-13(7-3-1)17-20-14(12-22-17)10-11-19-18-21-15-8-4-5-9-16(15)23-18/h1-9,12H,10-11H2,(H,19,21). The van der Waals surface area contributed by atoms with E-state index in [0.29, 0.717) is 18.5 Å². The van der Waals surface area contributed by atoms with Crippen LogP contribution in [0.1, 0.15) is 5.69 Å². The van der Waals surface area contributed by atoms with Gasteiger partial charge in [-0.25, -0.2) is 4.98 Å². The zero-order valence-electron chi connectivity index (χ0n) is 12.4. The maximum absolute atomic E-state index is 5.61. The number of benzene rings is 2. The van der Waals surface area contributed by atoms with Gasteiger partial charge < -0.3 is 14.2 Å². The number of oxazole rings is 2. The van der Waals surface area contributed by atoms with Crippen molar-refractivity contribution >= 4 is 17.1 Å². The molecule has 23 heavy (non-hydrogen) atoms. The first-order valence-corrected chi connectivity index (χ1v) is 7.48. The van der Waals surface area contributed by atoms with Crippen LogP contribution in [0.25, 0.3) is 22.6 Å². The molecule has 0 aliphatic rings. The molecule has 0 unspecified atom stereocenters. The highest BCUT2D eigenvalue weighted by atomic mass is 16.4. The summed E-state index contributed by atoms with van der Waals surface area (Å²) in [5.41, 5.74) is 3.50. The Morgan fingerprint density at radius 1 is 0.913 bits per heavy atom. The number of para-hydroxylation sites is 2. The maximum Gasteiger partial charge on any atom is 0.295 e. The van der Waals surface area contributed by atoms with E-state index in [9.17, 15) is 0 Å². The van der Waals surface area contributed by atoms with E-state index in [1.54, 1.807) is 6.26 Å². The normalized spacial score (nSPS) is 11.0. The zero-order chi connectivity index (χ0) is 15.5. The fraction of sp³-hybridized carbons (Fsp3) is 0.111. The highest BCUT2D eigenvalue weighted by Crippen LogP contribution is 2.19. The van der Waals surface area contributed by atoms with Crippen LogP contribution < -0.4 is 5.32 Å². The highest BCUT2D eigenvalue weighted by molar-refractivity contribution is 5.74. The van der Waals surface area contributed by atoms with Crippen LogP contribution in [0, 0.1) is 0 Å². The first-order valence-electron chi connectivity index (χ1n) is 7.48. The summed E-state index contributed by atoms with van der Waals surface area (Å²) in [5, 5.41) is 3.17. The molecule has 0 saturated carbocycles. The van der Waals surface area contributed by atoms with Crippen molar-refractivity contribution < 1.29 is 8.83 Å². The largest absolute Gasteiger partial charge is 0.444 e. The first kappa shape index (κ1) is 13.6. The molecule has 0 bridgehead atoms. The summed E-state index contributed by atoms with van der Waals surface area (Å²) in [7, 11) is 0. The van der Waals surface area contributed by atoms with Crippen molar-refractivity contribution in [1.29, 1.82) is 0 Å². The summed E-state index contributed by atoms with van der Waals surface area (Å²) >= 11 is 0. The molecule has 0 saturated heterocycles. The monoisotopic (exact) mass is 305 g/mol. The summed E-state index contributed by atoms with van der Waals surface area (Å²) in [6, 6.07) is 18.1. The third-order valence-electron chi connectivity index (χ3n) is 3.52. The summed E-state index contributed by atoms with van der Waals surface area (Å²) in [6.07, 6.45) is 2.42. The minimum absolute atomic E-state index is 0.526. The van der Waals surface area contributed by atoms with Gasteiger partial charge in [-0.05, 0) is 24.3 Å². The number of nitrogens with zero attached hydrogens (tertiary/aromatic N) is 2. The quantitative estimate of drug-likeness (QED) is 0.600. The molecule has 114 valence electrons. The summed E-state index contributed by atoms with van der Waals surface area (Å²) in [5.74, 6) is 0.641. The van der Waals surface area contributed by atoms with Gasteiger partial charge in [-0.3, -0.25) is 0 Å². The van der Waals surface area contributed by atoms with E-state index in [2.05, 4.69) is 15.3 Å². The molecule has 2 aromatic carbocycles. The van der Waals surface area contributed by atoms with E-state index in [-0.39, 0.29) is 0 Å². The van der Waals surface area contributed by atoms with Gasteiger partial charge in [0.2, 0.25) is 5.89 Å². The Balaban J connectivity index is 1.39. The van der Waals surface area contributed by atoms with Crippen molar-refractivity contribution in [1.82, 2.24) is 9.97 Å². The van der Waals surface area contributed by atoms with E-state index in [1.165, 1.54) is 0 Å². The number of hydrogen-bond acceptors (Lipinski definition) is 5. The predicted molar refractivity (Wildman–Crippen MR) is 88.1 cm³/mol. The average molecular weight is 305 g/mol. The second-order valence-corrected chi connectivity index (χ2v) is 5.17. The summed E-state index contributed by atoms with van der Waals surface area (Å²) in [4.78, 5) is 8.87. The van der Waals surface area contributed by atoms with Crippen LogP contribution in [-0.4, -0.2) is 16.5 Å². The minimum Gasteiger partial charge on any atom is -0.444 e. The number of rotatable bonds is 5. The van der Waals surface area contributed by atoms with Crippen LogP contribution in [0.15, 0.2) is 69.7 Å². The molecule has 5 nitrogen and oxygen atoms in total. The molecular weight excluding hydrogens is 290 g/mol. The molecule has 0 radical (unpaired) electrons. The number of fused-ring (bicyclic) bond motifs is 1. The molecule has 0 fully saturated rings. The fourth-order valence-corrected chi connectivity index (χ4v) is 2.38. The molecule has 4 rings (SSSR count). The lowest BCUT2D eigenvalue weighted by Gasteiger charge is -1.98. The second kappa shape index (κ2) is 5.96. The predicted octanol–water partition coefficient (Wildman–Crippen LogP) is 4.14. The molecule has 5 heteroatoms. The number of aromatic nitrogens is 2. The van der Waals surface area contributed by atoms with E-state index in [1.807, 2.05) is 54.6 Å². The topological polar surface area (TPSA) is 64.1 Å². The molecule has 4 aromatic rings. The molecule has 0 amide bonds. The fourth-order valence-electron chi connectivity index (χ4n) is 2.38. The van der Waals surface area contributed by atoms with Gasteiger partial charge in [-0.1, -0.05) is 30.3 Å². The van der Waals surface area contributed by atoms with Crippen molar-refractivity contribution in [2.75, 3.05) is 11.9 Å². The van der Waals surface area contributed by atoms with Crippen LogP contribution >= 0.6 is 0 Å². The van der Waals surface area contributed by atoms with Crippen LogP contribution in [0.2, 0.25) is 0 Å². The molecule has 0 aliphatic heterocycles. The molecule has 0 spiro atoms. The Kier molecular flexibility index (Phi) is 3.52. The molecule has 2 heterocycles. The Morgan fingerprint density at radius 2 is 1.74 bits per heavy atom. The molecule has 0 aliphatic carbocycles. The zero-order valence-corrected chi connectivity index (χ0v) is 12.4. The van der Waals surface area contributed by atoms with Gasteiger partial charge in [0.05, 0.1) is 5.69 Å². The van der Waals surface area contributed by atoms with Gasteiger partial charge >= 0.3 is 0 Å². The Labute approximate surface area is 133 Å². The van der Waals surface area contributed by atoms with Crippen LogP contribution in [0.5, 0.6) is 0 Å². The van der Waals surface area contributed by atoms with Crippen molar-refractivity contribution in [3.63, 3.8) is 0 Å². The van der Waals surface area contributed by atoms with Gasteiger partial charge in [0, 0.05) is 18.5 Å². The highest BCUT2D eigenvalue weighted by Gasteiger charge is 2.07. The molecular formula is C18H15N3O2. The molecule has 1 N–H and O–H groups in total. The Hall–Kier alpha value is -3.08. The van der Waals surface area contributed by atoms with Crippen LogP contribution in [-0.2, 0) is 6.42 Å². The Morgan fingerprint density at radius 3 is 2.61 bits per heavy atom. The van der Waals surface area contributed by atoms with Crippen LogP contribution in [0.4, 0.5) is 6.01 Å². The molecule has 2 aromatic heterocycles. The maximum atomic E-state index is 5.61. The van der Waals surface area contributed by atoms with E-state index < -0.39 is 0 Å². The third kappa shape index (κ3) is 2.94. The van der Waals surface area contributed by atoms with E-state index in [0.717, 1.165) is 28.8 Å². The van der Waals surface area contributed by atoms with Crippen molar-refractivity contribution in [3.05, 3.63) is 66.6 Å². The van der Waals surface area contributed by atoms with E-state index in [4.69, 9.17) is 8.83 Å². The van der Waals surface area contributed by atoms with Crippen LogP contribution in [0.3, 0.4) is 0 Å². The number of hydrogen-bond donors (Lipinski definition) is 1. The lowest BCUT2D eigenvalue weighted by Crippen LogP contribution is -2.05. The van der Waals surface area contributed by atoms with Gasteiger partial charge in [0.25, 0.3) is 6.01 Å². The van der Waals surface area contributed by atoms with Gasteiger partial charge in [-0.15, -0.1) is 0 Å². The number of anilines is 1. The van der Waals surface area contributed by atoms with Crippen molar-refractivity contribution in [3.8, 4) is 11.5 Å². The first-order chi connectivity index (χ1) is 11.4. The summed E-state index contributed by atoms with van der Waals surface area (Å²) in [6.45, 7) is 0.674. The summed E-state index contributed by atoms with van der Waals surface area (Å²) < 4.78 is 11.1. The third-order valence-corrected chi connectivity index (χ3v) is 3.52.